The summed E-state index contributed by atoms with van der Waals surface area (Å²) in [6.45, 7) is 17.4. The third kappa shape index (κ3) is 8.21. The molecule has 179 valence electrons. The first kappa shape index (κ1) is 28.7. The topological polar surface area (TPSA) is 50.2 Å². The first-order valence-corrected chi connectivity index (χ1v) is 11.0. The molecule has 0 amide bonds. The fraction of sp³-hybridized carbons (Fsp3) is 0.379. The van der Waals surface area contributed by atoms with Gasteiger partial charge in [-0.1, -0.05) is 79.2 Å². The van der Waals surface area contributed by atoms with Gasteiger partial charge in [0.15, 0.2) is 5.78 Å². The molecule has 1 aromatic heterocycles. The van der Waals surface area contributed by atoms with Crippen molar-refractivity contribution in [2.75, 3.05) is 0 Å². The van der Waals surface area contributed by atoms with Gasteiger partial charge in [-0.3, -0.25) is 9.78 Å². The summed E-state index contributed by atoms with van der Waals surface area (Å²) in [4.78, 5) is 16.2. The average molecular weight is 623 g/mol. The van der Waals surface area contributed by atoms with E-state index in [9.17, 15) is 9.90 Å². The molecule has 0 saturated heterocycles. The van der Waals surface area contributed by atoms with Gasteiger partial charge in [-0.2, -0.15) is 0 Å². The minimum absolute atomic E-state index is 0. The van der Waals surface area contributed by atoms with Gasteiger partial charge in [-0.15, -0.1) is 34.9 Å². The van der Waals surface area contributed by atoms with Gasteiger partial charge in [0.1, 0.15) is 5.76 Å². The Morgan fingerprint density at radius 1 is 0.909 bits per heavy atom. The van der Waals surface area contributed by atoms with E-state index in [-0.39, 0.29) is 37.1 Å². The van der Waals surface area contributed by atoms with E-state index in [0.29, 0.717) is 0 Å². The number of aromatic nitrogens is 1. The maximum absolute atomic E-state index is 11.5. The zero-order valence-corrected chi connectivity index (χ0v) is 23.6. The maximum Gasteiger partial charge on any atom is 0.164 e. The van der Waals surface area contributed by atoms with Crippen LogP contribution < -0.4 is 0 Å². The Morgan fingerprint density at radius 2 is 1.55 bits per heavy atom. The Kier molecular flexibility index (Phi) is 9.78. The Balaban J connectivity index is 0.000000346. The van der Waals surface area contributed by atoms with Crippen molar-refractivity contribution in [1.29, 1.82) is 0 Å². The molecule has 3 aromatic rings. The quantitative estimate of drug-likeness (QED) is 0.181. The number of ketones is 1. The number of fused-ring (bicyclic) bond motifs is 1. The first-order chi connectivity index (χ1) is 14.7. The number of hydrogen-bond donors (Lipinski definition) is 1. The summed E-state index contributed by atoms with van der Waals surface area (Å²) >= 11 is 0. The van der Waals surface area contributed by atoms with Crippen LogP contribution in [0, 0.1) is 37.7 Å². The summed E-state index contributed by atoms with van der Waals surface area (Å²) < 4.78 is 0. The Bertz CT molecular complexity index is 1150. The number of allylic oxidation sites excluding steroid dienone is 2. The van der Waals surface area contributed by atoms with Crippen molar-refractivity contribution in [2.24, 2.45) is 10.8 Å². The van der Waals surface area contributed by atoms with Crippen molar-refractivity contribution in [3.05, 3.63) is 77.1 Å². The van der Waals surface area contributed by atoms with E-state index in [1.54, 1.807) is 0 Å². The molecule has 0 aliphatic carbocycles. The summed E-state index contributed by atoms with van der Waals surface area (Å²) in [7, 11) is 0. The molecule has 33 heavy (non-hydrogen) atoms. The van der Waals surface area contributed by atoms with Crippen LogP contribution in [0.2, 0.25) is 0 Å². The fourth-order valence-corrected chi connectivity index (χ4v) is 2.97. The van der Waals surface area contributed by atoms with E-state index >= 15 is 0 Å². The van der Waals surface area contributed by atoms with Crippen molar-refractivity contribution < 1.29 is 30.0 Å². The molecule has 0 saturated carbocycles. The molecule has 4 heteroatoms. The van der Waals surface area contributed by atoms with E-state index in [0.717, 1.165) is 16.8 Å². The molecule has 0 bridgehead atoms. The number of carbonyl (C=O) groups is 1. The second kappa shape index (κ2) is 11.2. The van der Waals surface area contributed by atoms with Crippen molar-refractivity contribution >= 4 is 16.7 Å². The molecule has 0 spiro atoms. The van der Waals surface area contributed by atoms with Crippen LogP contribution >= 0.6 is 0 Å². The van der Waals surface area contributed by atoms with E-state index in [2.05, 4.69) is 63.2 Å². The minimum Gasteiger partial charge on any atom is -0.512 e. The zero-order valence-electron chi connectivity index (χ0n) is 21.3. The van der Waals surface area contributed by atoms with Crippen molar-refractivity contribution in [3.8, 4) is 11.3 Å². The largest absolute Gasteiger partial charge is 0.512 e. The summed E-state index contributed by atoms with van der Waals surface area (Å²) in [6.07, 6.45) is 1.33. The first-order valence-electron chi connectivity index (χ1n) is 11.0. The maximum atomic E-state index is 11.5. The molecule has 1 radical (unpaired) electrons. The number of carbonyl (C=O) groups excluding carboxylic acids is 1. The van der Waals surface area contributed by atoms with Crippen molar-refractivity contribution in [2.45, 2.75) is 62.3 Å². The van der Waals surface area contributed by atoms with Gasteiger partial charge in [-0.25, -0.2) is 0 Å². The predicted molar refractivity (Wildman–Crippen MR) is 135 cm³/mol. The molecular formula is C29H36IrNO2-. The molecule has 2 aromatic carbocycles. The van der Waals surface area contributed by atoms with Gasteiger partial charge in [0.05, 0.1) is 5.52 Å². The van der Waals surface area contributed by atoms with Crippen LogP contribution in [0.3, 0.4) is 0 Å². The molecule has 3 rings (SSSR count). The molecule has 0 aliphatic rings. The van der Waals surface area contributed by atoms with E-state index in [4.69, 9.17) is 4.98 Å². The summed E-state index contributed by atoms with van der Waals surface area (Å²) in [6, 6.07) is 18.1. The second-order valence-electron chi connectivity index (χ2n) is 10.5. The van der Waals surface area contributed by atoms with Crippen LogP contribution in [0.1, 0.15) is 58.2 Å². The number of aliphatic hydroxyl groups is 1. The van der Waals surface area contributed by atoms with Crippen LogP contribution in [-0.4, -0.2) is 15.9 Å². The number of nitrogens with zero attached hydrogens (tertiary/aromatic N) is 1. The molecule has 3 nitrogen and oxygen atoms in total. The van der Waals surface area contributed by atoms with Gasteiger partial charge in [0, 0.05) is 37.0 Å². The molecule has 1 heterocycles. The monoisotopic (exact) mass is 623 g/mol. The zero-order chi connectivity index (χ0) is 24.3. The van der Waals surface area contributed by atoms with Crippen LogP contribution in [0.4, 0.5) is 0 Å². The minimum atomic E-state index is -0.417. The van der Waals surface area contributed by atoms with Crippen LogP contribution in [0.25, 0.3) is 22.2 Å². The second-order valence-corrected chi connectivity index (χ2v) is 10.5. The van der Waals surface area contributed by atoms with E-state index in [1.807, 2.05) is 47.6 Å². The molecule has 0 aliphatic heterocycles. The number of hydrogen-bond acceptors (Lipinski definition) is 3. The summed E-state index contributed by atoms with van der Waals surface area (Å²) in [5, 5.41) is 10.7. The SMILES string of the molecule is CC(C)(C)C(=O)/C=C(\O)C(C)(C)C.Cc1c[c-]c(-c2ccc3cc(C)ccc3n2)c(C)c1.[Ir]. The number of aryl methyl sites for hydroxylation is 3. The molecule has 0 atom stereocenters. The van der Waals surface area contributed by atoms with Crippen molar-refractivity contribution in [3.63, 3.8) is 0 Å². The van der Waals surface area contributed by atoms with Gasteiger partial charge in [0.25, 0.3) is 0 Å². The van der Waals surface area contributed by atoms with Gasteiger partial charge >= 0.3 is 0 Å². The van der Waals surface area contributed by atoms with Gasteiger partial charge in [-0.05, 0) is 30.1 Å². The third-order valence-electron chi connectivity index (χ3n) is 5.16. The predicted octanol–water partition coefficient (Wildman–Crippen LogP) is 7.71. The number of aliphatic hydroxyl groups excluding tert-OH is 1. The standard InChI is InChI=1S/C18H16N.C11H20O2.Ir/c1-12-4-7-16(14(3)10-12)18-9-6-15-11-13(2)5-8-17(15)19-18;1-10(2,3)8(12)7-9(13)11(4,5)6;/h4-6,8-11H,1-3H3;7,12H,1-6H3;/q-1;;/b;8-7-;. The number of rotatable bonds is 2. The molecule has 0 unspecified atom stereocenters. The average Bonchev–Trinajstić information content (AvgIpc) is 2.66. The summed E-state index contributed by atoms with van der Waals surface area (Å²) in [5.74, 6) is 0.104. The third-order valence-corrected chi connectivity index (χ3v) is 5.16. The fourth-order valence-electron chi connectivity index (χ4n) is 2.97. The molecular weight excluding hydrogens is 587 g/mol. The molecule has 1 N–H and O–H groups in total. The van der Waals surface area contributed by atoms with Crippen LogP contribution in [0.15, 0.2) is 54.3 Å². The normalized spacial score (nSPS) is 12.0. The van der Waals surface area contributed by atoms with Gasteiger partial charge < -0.3 is 5.11 Å². The van der Waals surface area contributed by atoms with E-state index in [1.165, 1.54) is 28.2 Å². The van der Waals surface area contributed by atoms with Crippen molar-refractivity contribution in [1.82, 2.24) is 4.98 Å². The van der Waals surface area contributed by atoms with E-state index < -0.39 is 5.41 Å². The number of benzene rings is 2. The van der Waals surface area contributed by atoms with Crippen LogP contribution in [-0.2, 0) is 24.9 Å². The Labute approximate surface area is 212 Å². The van der Waals surface area contributed by atoms with Gasteiger partial charge in [0.2, 0.25) is 0 Å². The number of pyridine rings is 1. The van der Waals surface area contributed by atoms with Crippen LogP contribution in [0.5, 0.6) is 0 Å². The Hall–Kier alpha value is -2.29. The smallest absolute Gasteiger partial charge is 0.164 e. The summed E-state index contributed by atoms with van der Waals surface area (Å²) in [5.41, 5.74) is 6.08. The molecule has 0 fully saturated rings. The Morgan fingerprint density at radius 3 is 2.09 bits per heavy atom.